The number of fused-ring (bicyclic) bond motifs is 3. The summed E-state index contributed by atoms with van der Waals surface area (Å²) in [5.74, 6) is -0.339. The Morgan fingerprint density at radius 1 is 1.15 bits per heavy atom. The highest BCUT2D eigenvalue weighted by Crippen LogP contribution is 2.33. The third kappa shape index (κ3) is 6.99. The van der Waals surface area contributed by atoms with E-state index >= 15 is 0 Å². The summed E-state index contributed by atoms with van der Waals surface area (Å²) in [6, 6.07) is 9.31. The maximum absolute atomic E-state index is 12.6. The first-order valence-electron chi connectivity index (χ1n) is 11.8. The lowest BCUT2D eigenvalue weighted by atomic mass is 10.1. The van der Waals surface area contributed by atoms with Gasteiger partial charge in [-0.1, -0.05) is 27.2 Å². The minimum absolute atomic E-state index is 0.0108. The smallest absolute Gasteiger partial charge is 0.249 e. The number of nitrogens with zero attached hydrogens (tertiary/aromatic N) is 2. The summed E-state index contributed by atoms with van der Waals surface area (Å²) in [7, 11) is 0. The highest BCUT2D eigenvalue weighted by molar-refractivity contribution is 6.09. The van der Waals surface area contributed by atoms with E-state index in [1.807, 2.05) is 55.7 Å². The monoisotopic (exact) mass is 472 g/mol. The fourth-order valence-corrected chi connectivity index (χ4v) is 3.76. The van der Waals surface area contributed by atoms with E-state index in [0.29, 0.717) is 51.5 Å². The highest BCUT2D eigenvalue weighted by atomic mass is 16.5. The standard InChI is InChI=1S/C23H30N4O5.C2H6/c1-2-4-21(23(30)26-16-29)27-20-7-6-17(24-9-11-31-13-14-32-12-10-28)15-19(20)18-5-3-8-25-22(18)27;1-2/h3,5-8,15-16,21,24,28H,2,4,9-14H2,1H3,(H,26,29,30);1-2H3. The zero-order valence-electron chi connectivity index (χ0n) is 20.3. The van der Waals surface area contributed by atoms with Gasteiger partial charge in [-0.25, -0.2) is 4.98 Å². The number of carbonyl (C=O) groups excluding carboxylic acids is 2. The van der Waals surface area contributed by atoms with E-state index < -0.39 is 6.04 Å². The van der Waals surface area contributed by atoms with Gasteiger partial charge in [0.2, 0.25) is 12.3 Å². The second kappa shape index (κ2) is 15.0. The molecule has 2 aromatic heterocycles. The summed E-state index contributed by atoms with van der Waals surface area (Å²) in [4.78, 5) is 28.1. The van der Waals surface area contributed by atoms with E-state index in [2.05, 4.69) is 15.6 Å². The third-order valence-electron chi connectivity index (χ3n) is 5.12. The average molecular weight is 473 g/mol. The summed E-state index contributed by atoms with van der Waals surface area (Å²) in [6.45, 7) is 8.41. The molecule has 0 bridgehead atoms. The van der Waals surface area contributed by atoms with Crippen molar-refractivity contribution in [3.63, 3.8) is 0 Å². The Labute approximate surface area is 200 Å². The Kier molecular flexibility index (Phi) is 12.0. The van der Waals surface area contributed by atoms with Crippen molar-refractivity contribution in [3.8, 4) is 0 Å². The van der Waals surface area contributed by atoms with Crippen molar-refractivity contribution in [1.82, 2.24) is 14.9 Å². The van der Waals surface area contributed by atoms with Gasteiger partial charge in [0.25, 0.3) is 0 Å². The van der Waals surface area contributed by atoms with E-state index in [9.17, 15) is 9.59 Å². The van der Waals surface area contributed by atoms with Crippen LogP contribution >= 0.6 is 0 Å². The second-order valence-electron chi connectivity index (χ2n) is 7.28. The topological polar surface area (TPSA) is 115 Å². The molecule has 1 unspecified atom stereocenters. The third-order valence-corrected chi connectivity index (χ3v) is 5.12. The van der Waals surface area contributed by atoms with E-state index in [1.165, 1.54) is 0 Å². The largest absolute Gasteiger partial charge is 0.394 e. The number of hydrogen-bond acceptors (Lipinski definition) is 7. The SMILES string of the molecule is CC.CCCC(C(=O)NC=O)n1c2ccc(NCCOCCOCCO)cc2c2cccnc21. The molecule has 0 aliphatic rings. The predicted molar refractivity (Wildman–Crippen MR) is 134 cm³/mol. The minimum Gasteiger partial charge on any atom is -0.394 e. The number of ether oxygens (including phenoxy) is 2. The van der Waals surface area contributed by atoms with Crippen LogP contribution in [0.25, 0.3) is 21.9 Å². The summed E-state index contributed by atoms with van der Waals surface area (Å²) in [5.41, 5.74) is 2.54. The van der Waals surface area contributed by atoms with Crippen LogP contribution in [0.4, 0.5) is 5.69 Å². The first kappa shape index (κ1) is 27.2. The van der Waals surface area contributed by atoms with Crippen LogP contribution in [0.5, 0.6) is 0 Å². The fraction of sp³-hybridized carbons (Fsp3) is 0.480. The quantitative estimate of drug-likeness (QED) is 0.244. The van der Waals surface area contributed by atoms with Crippen molar-refractivity contribution in [2.75, 3.05) is 44.9 Å². The molecule has 0 radical (unpaired) electrons. The van der Waals surface area contributed by atoms with Crippen molar-refractivity contribution in [3.05, 3.63) is 36.5 Å². The highest BCUT2D eigenvalue weighted by Gasteiger charge is 2.24. The van der Waals surface area contributed by atoms with Crippen molar-refractivity contribution in [1.29, 1.82) is 0 Å². The molecule has 1 aromatic carbocycles. The summed E-state index contributed by atoms with van der Waals surface area (Å²) >= 11 is 0. The van der Waals surface area contributed by atoms with Crippen molar-refractivity contribution >= 4 is 39.9 Å². The Balaban J connectivity index is 0.00000199. The molecule has 0 aliphatic carbocycles. The van der Waals surface area contributed by atoms with E-state index in [-0.39, 0.29) is 12.5 Å². The number of imide groups is 1. The van der Waals surface area contributed by atoms with E-state index in [1.54, 1.807) is 6.20 Å². The fourth-order valence-electron chi connectivity index (χ4n) is 3.76. The molecule has 0 spiro atoms. The predicted octanol–water partition coefficient (Wildman–Crippen LogP) is 3.27. The molecule has 34 heavy (non-hydrogen) atoms. The van der Waals surface area contributed by atoms with Crippen molar-refractivity contribution in [2.45, 2.75) is 39.7 Å². The number of benzene rings is 1. The molecule has 0 saturated heterocycles. The summed E-state index contributed by atoms with van der Waals surface area (Å²) < 4.78 is 12.6. The van der Waals surface area contributed by atoms with Gasteiger partial charge < -0.3 is 24.5 Å². The molecule has 3 rings (SSSR count). The molecular weight excluding hydrogens is 436 g/mol. The van der Waals surface area contributed by atoms with Gasteiger partial charge in [-0.15, -0.1) is 0 Å². The Morgan fingerprint density at radius 3 is 2.62 bits per heavy atom. The minimum atomic E-state index is -0.527. The van der Waals surface area contributed by atoms with Crippen LogP contribution in [0.2, 0.25) is 0 Å². The number of hydrogen-bond donors (Lipinski definition) is 3. The Morgan fingerprint density at radius 2 is 1.91 bits per heavy atom. The van der Waals surface area contributed by atoms with Gasteiger partial charge in [-0.05, 0) is 36.8 Å². The number of carbonyl (C=O) groups is 2. The van der Waals surface area contributed by atoms with Crippen LogP contribution in [0, 0.1) is 0 Å². The Bertz CT molecular complexity index is 1040. The van der Waals surface area contributed by atoms with Gasteiger partial charge in [0.05, 0.1) is 38.6 Å². The van der Waals surface area contributed by atoms with Crippen LogP contribution in [0.3, 0.4) is 0 Å². The molecule has 9 heteroatoms. The second-order valence-corrected chi connectivity index (χ2v) is 7.28. The van der Waals surface area contributed by atoms with Crippen molar-refractivity contribution in [2.24, 2.45) is 0 Å². The van der Waals surface area contributed by atoms with Crippen LogP contribution in [-0.2, 0) is 19.1 Å². The molecule has 0 aliphatic heterocycles. The molecule has 3 aromatic rings. The number of aliphatic hydroxyl groups excluding tert-OH is 1. The zero-order chi connectivity index (χ0) is 24.8. The van der Waals surface area contributed by atoms with Gasteiger partial charge in [0, 0.05) is 29.2 Å². The van der Waals surface area contributed by atoms with Crippen molar-refractivity contribution < 1.29 is 24.2 Å². The molecule has 2 heterocycles. The number of anilines is 1. The average Bonchev–Trinajstić information content (AvgIpc) is 3.19. The van der Waals surface area contributed by atoms with E-state index in [4.69, 9.17) is 14.6 Å². The lowest BCUT2D eigenvalue weighted by Crippen LogP contribution is -2.31. The maximum Gasteiger partial charge on any atom is 0.249 e. The zero-order valence-corrected chi connectivity index (χ0v) is 20.3. The molecular formula is C25H36N4O5. The molecule has 0 saturated carbocycles. The molecule has 2 amide bonds. The molecule has 9 nitrogen and oxygen atoms in total. The number of amides is 2. The van der Waals surface area contributed by atoms with Crippen LogP contribution in [0.1, 0.15) is 39.7 Å². The van der Waals surface area contributed by atoms with Gasteiger partial charge >= 0.3 is 0 Å². The molecule has 0 fully saturated rings. The maximum atomic E-state index is 12.6. The Hall–Kier alpha value is -3.01. The van der Waals surface area contributed by atoms with Gasteiger partial charge in [-0.2, -0.15) is 0 Å². The number of aromatic nitrogens is 2. The summed E-state index contributed by atoms with van der Waals surface area (Å²) in [5, 5.41) is 16.2. The van der Waals surface area contributed by atoms with E-state index in [0.717, 1.165) is 28.4 Å². The first-order chi connectivity index (χ1) is 16.7. The lowest BCUT2D eigenvalue weighted by Gasteiger charge is -2.18. The summed E-state index contributed by atoms with van der Waals surface area (Å²) in [6.07, 6.45) is 3.51. The molecule has 1 atom stereocenters. The molecule has 186 valence electrons. The number of nitrogens with one attached hydrogen (secondary N) is 2. The number of rotatable bonds is 14. The lowest BCUT2D eigenvalue weighted by molar-refractivity contribution is -0.127. The van der Waals surface area contributed by atoms with Gasteiger partial charge in [0.15, 0.2) is 0 Å². The van der Waals surface area contributed by atoms with Gasteiger partial charge in [0.1, 0.15) is 11.7 Å². The number of aliphatic hydroxyl groups is 1. The van der Waals surface area contributed by atoms with Gasteiger partial charge in [-0.3, -0.25) is 14.9 Å². The normalized spacial score (nSPS) is 11.6. The van der Waals surface area contributed by atoms with Crippen LogP contribution < -0.4 is 10.6 Å². The first-order valence-corrected chi connectivity index (χ1v) is 11.8. The molecule has 3 N–H and O–H groups in total. The van der Waals surface area contributed by atoms with Crippen LogP contribution in [-0.4, -0.2) is 66.6 Å². The van der Waals surface area contributed by atoms with Crippen LogP contribution in [0.15, 0.2) is 36.5 Å². The number of pyridine rings is 1.